The Morgan fingerprint density at radius 2 is 2.21 bits per heavy atom. The molecule has 1 aliphatic carbocycles. The lowest BCUT2D eigenvalue weighted by Gasteiger charge is -2.27. The third kappa shape index (κ3) is 3.53. The maximum atomic E-state index is 12.1. The van der Waals surface area contributed by atoms with Crippen molar-refractivity contribution in [3.05, 3.63) is 39.9 Å². The Morgan fingerprint density at radius 3 is 2.89 bits per heavy atom. The van der Waals surface area contributed by atoms with E-state index in [0.717, 1.165) is 19.3 Å². The van der Waals surface area contributed by atoms with E-state index < -0.39 is 4.92 Å². The Kier molecular flexibility index (Phi) is 4.14. The zero-order valence-corrected chi connectivity index (χ0v) is 11.0. The Bertz CT molecular complexity index is 487. The number of rotatable bonds is 3. The molecule has 5 heteroatoms. The monoisotopic (exact) mass is 262 g/mol. The molecule has 2 atom stereocenters. The molecule has 2 rings (SSSR count). The summed E-state index contributed by atoms with van der Waals surface area (Å²) in [5.41, 5.74) is 0.303. The van der Waals surface area contributed by atoms with Crippen molar-refractivity contribution in [2.75, 3.05) is 0 Å². The van der Waals surface area contributed by atoms with Gasteiger partial charge in [0.05, 0.1) is 4.92 Å². The predicted octanol–water partition coefficient (Wildman–Crippen LogP) is 2.90. The van der Waals surface area contributed by atoms with Crippen molar-refractivity contribution in [2.24, 2.45) is 5.92 Å². The summed E-state index contributed by atoms with van der Waals surface area (Å²) in [6, 6.07) is 6.04. The van der Waals surface area contributed by atoms with Crippen molar-refractivity contribution < 1.29 is 9.72 Å². The van der Waals surface area contributed by atoms with Crippen LogP contribution in [0.4, 0.5) is 5.69 Å². The first-order chi connectivity index (χ1) is 9.06. The Labute approximate surface area is 112 Å². The van der Waals surface area contributed by atoms with Gasteiger partial charge < -0.3 is 5.32 Å². The van der Waals surface area contributed by atoms with E-state index in [1.807, 2.05) is 0 Å². The predicted molar refractivity (Wildman–Crippen MR) is 72.0 cm³/mol. The maximum absolute atomic E-state index is 12.1. The molecule has 1 amide bonds. The Hall–Kier alpha value is -1.91. The molecule has 0 aliphatic heterocycles. The highest BCUT2D eigenvalue weighted by atomic mass is 16.6. The number of benzene rings is 1. The first-order valence-corrected chi connectivity index (χ1v) is 6.61. The van der Waals surface area contributed by atoms with E-state index in [0.29, 0.717) is 11.5 Å². The van der Waals surface area contributed by atoms with E-state index in [1.165, 1.54) is 24.6 Å². The van der Waals surface area contributed by atoms with Crippen molar-refractivity contribution in [3.8, 4) is 0 Å². The first-order valence-electron chi connectivity index (χ1n) is 6.61. The van der Waals surface area contributed by atoms with Crippen LogP contribution in [0.5, 0.6) is 0 Å². The summed E-state index contributed by atoms with van der Waals surface area (Å²) in [6.45, 7) is 2.19. The lowest BCUT2D eigenvalue weighted by molar-refractivity contribution is -0.384. The number of hydrogen-bond donors (Lipinski definition) is 1. The van der Waals surface area contributed by atoms with Crippen LogP contribution in [0.25, 0.3) is 0 Å². The van der Waals surface area contributed by atoms with Gasteiger partial charge >= 0.3 is 0 Å². The van der Waals surface area contributed by atoms with Crippen molar-refractivity contribution >= 4 is 11.6 Å². The lowest BCUT2D eigenvalue weighted by Crippen LogP contribution is -2.37. The van der Waals surface area contributed by atoms with Crippen LogP contribution >= 0.6 is 0 Å². The van der Waals surface area contributed by atoms with Crippen molar-refractivity contribution in [1.82, 2.24) is 5.32 Å². The van der Waals surface area contributed by atoms with Gasteiger partial charge in [-0.1, -0.05) is 25.8 Å². The van der Waals surface area contributed by atoms with Gasteiger partial charge in [0.2, 0.25) is 0 Å². The molecule has 0 aromatic heterocycles. The highest BCUT2D eigenvalue weighted by molar-refractivity contribution is 5.95. The molecule has 102 valence electrons. The molecule has 1 saturated carbocycles. The van der Waals surface area contributed by atoms with Crippen LogP contribution < -0.4 is 5.32 Å². The van der Waals surface area contributed by atoms with Crippen LogP contribution in [0.3, 0.4) is 0 Å². The zero-order chi connectivity index (χ0) is 13.8. The fourth-order valence-corrected chi connectivity index (χ4v) is 2.59. The number of nitro groups is 1. The van der Waals surface area contributed by atoms with Crippen LogP contribution in [-0.2, 0) is 0 Å². The van der Waals surface area contributed by atoms with E-state index >= 15 is 0 Å². The molecular formula is C14H18N2O3. The maximum Gasteiger partial charge on any atom is 0.270 e. The molecule has 1 fully saturated rings. The number of carbonyl (C=O) groups excluding carboxylic acids is 1. The molecule has 1 aromatic carbocycles. The van der Waals surface area contributed by atoms with Gasteiger partial charge in [0.25, 0.3) is 11.6 Å². The number of nitro benzene ring substituents is 1. The molecule has 2 unspecified atom stereocenters. The van der Waals surface area contributed by atoms with E-state index in [4.69, 9.17) is 0 Å². The summed E-state index contributed by atoms with van der Waals surface area (Å²) in [6.07, 6.45) is 4.32. The van der Waals surface area contributed by atoms with Crippen LogP contribution in [0, 0.1) is 16.0 Å². The number of carbonyl (C=O) groups is 1. The normalized spacial score (nSPS) is 22.8. The van der Waals surface area contributed by atoms with Crippen molar-refractivity contribution in [3.63, 3.8) is 0 Å². The minimum atomic E-state index is -0.487. The number of nitrogens with zero attached hydrogens (tertiary/aromatic N) is 1. The summed E-state index contributed by atoms with van der Waals surface area (Å²) in [7, 11) is 0. The van der Waals surface area contributed by atoms with E-state index in [-0.39, 0.29) is 17.6 Å². The smallest absolute Gasteiger partial charge is 0.270 e. The summed E-state index contributed by atoms with van der Waals surface area (Å²) < 4.78 is 0. The second kappa shape index (κ2) is 5.82. The quantitative estimate of drug-likeness (QED) is 0.672. The fourth-order valence-electron chi connectivity index (χ4n) is 2.59. The van der Waals surface area contributed by atoms with Gasteiger partial charge in [0.1, 0.15) is 0 Å². The molecule has 0 heterocycles. The van der Waals surface area contributed by atoms with Crippen LogP contribution in [-0.4, -0.2) is 16.9 Å². The first kappa shape index (κ1) is 13.5. The van der Waals surface area contributed by atoms with Crippen molar-refractivity contribution in [1.29, 1.82) is 0 Å². The topological polar surface area (TPSA) is 72.2 Å². The molecule has 19 heavy (non-hydrogen) atoms. The number of hydrogen-bond acceptors (Lipinski definition) is 3. The van der Waals surface area contributed by atoms with E-state index in [2.05, 4.69) is 12.2 Å². The third-order valence-corrected chi connectivity index (χ3v) is 3.59. The van der Waals surface area contributed by atoms with Crippen LogP contribution in [0.1, 0.15) is 43.0 Å². The van der Waals surface area contributed by atoms with Gasteiger partial charge in [-0.15, -0.1) is 0 Å². The minimum absolute atomic E-state index is 0.0512. The molecule has 5 nitrogen and oxygen atoms in total. The van der Waals surface area contributed by atoms with Gasteiger partial charge in [0.15, 0.2) is 0 Å². The second-order valence-corrected chi connectivity index (χ2v) is 5.25. The average Bonchev–Trinajstić information content (AvgIpc) is 2.39. The van der Waals surface area contributed by atoms with Gasteiger partial charge in [-0.3, -0.25) is 14.9 Å². The minimum Gasteiger partial charge on any atom is -0.349 e. The highest BCUT2D eigenvalue weighted by Gasteiger charge is 2.21. The van der Waals surface area contributed by atoms with Gasteiger partial charge in [-0.2, -0.15) is 0 Å². The molecule has 1 aromatic rings. The summed E-state index contributed by atoms with van der Waals surface area (Å²) in [5.74, 6) is 0.409. The van der Waals surface area contributed by atoms with E-state index in [9.17, 15) is 14.9 Å². The average molecular weight is 262 g/mol. The summed E-state index contributed by atoms with van der Waals surface area (Å²) in [4.78, 5) is 22.3. The van der Waals surface area contributed by atoms with Gasteiger partial charge in [0, 0.05) is 23.7 Å². The standard InChI is InChI=1S/C14H18N2O3/c1-10-4-2-6-12(8-10)15-14(17)11-5-3-7-13(9-11)16(18)19/h3,5,7,9-10,12H,2,4,6,8H2,1H3,(H,15,17). The molecule has 0 bridgehead atoms. The zero-order valence-electron chi connectivity index (χ0n) is 11.0. The van der Waals surface area contributed by atoms with Gasteiger partial charge in [-0.25, -0.2) is 0 Å². The van der Waals surface area contributed by atoms with E-state index in [1.54, 1.807) is 6.07 Å². The number of amides is 1. The second-order valence-electron chi connectivity index (χ2n) is 5.25. The number of nitrogens with one attached hydrogen (secondary N) is 1. The molecule has 0 radical (unpaired) electrons. The lowest BCUT2D eigenvalue weighted by atomic mass is 9.87. The fraction of sp³-hybridized carbons (Fsp3) is 0.500. The molecule has 1 N–H and O–H groups in total. The molecule has 1 aliphatic rings. The summed E-state index contributed by atoms with van der Waals surface area (Å²) in [5, 5.41) is 13.7. The highest BCUT2D eigenvalue weighted by Crippen LogP contribution is 2.24. The number of non-ortho nitro benzene ring substituents is 1. The Balaban J connectivity index is 2.03. The third-order valence-electron chi connectivity index (χ3n) is 3.59. The van der Waals surface area contributed by atoms with Crippen LogP contribution in [0.2, 0.25) is 0 Å². The summed E-state index contributed by atoms with van der Waals surface area (Å²) >= 11 is 0. The van der Waals surface area contributed by atoms with Crippen molar-refractivity contribution in [2.45, 2.75) is 38.6 Å². The van der Waals surface area contributed by atoms with Gasteiger partial charge in [-0.05, 0) is 24.8 Å². The molecular weight excluding hydrogens is 244 g/mol. The largest absolute Gasteiger partial charge is 0.349 e. The van der Waals surface area contributed by atoms with Crippen LogP contribution in [0.15, 0.2) is 24.3 Å². The Morgan fingerprint density at radius 1 is 1.42 bits per heavy atom. The molecule has 0 saturated heterocycles. The SMILES string of the molecule is CC1CCCC(NC(=O)c2cccc([N+](=O)[O-])c2)C1. The molecule has 0 spiro atoms.